The fraction of sp³-hybridized carbons (Fsp3) is 0.667. The Hall–Kier alpha value is -8.39. The zero-order valence-electron chi connectivity index (χ0n) is 59.2. The molecular weight excluding hydrogens is 1450 g/mol. The molecule has 0 unspecified atom stereocenters. The molecule has 4 aromatic rings. The number of carbonyl (C=O) groups is 8. The molecule has 0 radical (unpaired) electrons. The van der Waals surface area contributed by atoms with Crippen molar-refractivity contribution in [3.63, 3.8) is 0 Å². The maximum Gasteiger partial charge on any atom is 0.408 e. The van der Waals surface area contributed by atoms with Crippen LogP contribution in [0.4, 0.5) is 27.2 Å². The minimum absolute atomic E-state index is 0.0374. The van der Waals surface area contributed by atoms with Crippen molar-refractivity contribution < 1.29 is 91.7 Å². The Balaban J connectivity index is 0.000000203. The Morgan fingerprint density at radius 2 is 0.952 bits per heavy atom. The number of nitrogens with one attached hydrogen (secondary N) is 5. The molecule has 0 bridgehead atoms. The molecule has 0 spiro atoms. The van der Waals surface area contributed by atoms with E-state index in [1.165, 1.54) is 33.6 Å². The van der Waals surface area contributed by atoms with Gasteiger partial charge in [0.15, 0.2) is 0 Å². The van der Waals surface area contributed by atoms with Crippen molar-refractivity contribution in [3.8, 4) is 34.3 Å². The van der Waals surface area contributed by atoms with Crippen LogP contribution in [0.15, 0.2) is 48.5 Å². The molecule has 2 saturated heterocycles. The van der Waals surface area contributed by atoms with Crippen molar-refractivity contribution in [2.24, 2.45) is 28.4 Å². The van der Waals surface area contributed by atoms with E-state index in [0.717, 1.165) is 38.5 Å². The molecule has 7 amide bonds. The van der Waals surface area contributed by atoms with Gasteiger partial charge in [-0.05, 0) is 160 Å². The van der Waals surface area contributed by atoms with Gasteiger partial charge in [0.2, 0.25) is 68.2 Å². The summed E-state index contributed by atoms with van der Waals surface area (Å²) in [4.78, 5) is 110. The number of aromatic nitrogens is 8. The van der Waals surface area contributed by atoms with Crippen molar-refractivity contribution in [2.45, 2.75) is 227 Å². The molecule has 2 aliphatic heterocycles. The highest BCUT2D eigenvalue weighted by Gasteiger charge is 2.68. The Morgan fingerprint density at radius 1 is 0.571 bits per heavy atom. The Bertz CT molecular complexity index is 4090. The number of ether oxygens (including phenoxy) is 4. The highest BCUT2D eigenvalue weighted by atomic mass is 35.5. The molecule has 2 aromatic heterocycles. The van der Waals surface area contributed by atoms with Gasteiger partial charge in [0, 0.05) is 48.7 Å². The van der Waals surface area contributed by atoms with Crippen molar-refractivity contribution >= 4 is 78.6 Å². The van der Waals surface area contributed by atoms with E-state index < -0.39 is 173 Å². The molecule has 12 rings (SSSR count). The van der Waals surface area contributed by atoms with Gasteiger partial charge in [-0.15, -0.1) is 20.4 Å². The molecule has 6 aliphatic carbocycles. The van der Waals surface area contributed by atoms with Crippen LogP contribution in [0.1, 0.15) is 156 Å². The summed E-state index contributed by atoms with van der Waals surface area (Å²) in [7, 11) is -5.12. The first-order valence-corrected chi connectivity index (χ1v) is 38.3. The van der Waals surface area contributed by atoms with Crippen molar-refractivity contribution in [1.82, 2.24) is 75.6 Å². The number of likely N-dealkylation sites (tertiary alicyclic amines) is 2. The van der Waals surface area contributed by atoms with Crippen LogP contribution in [0.3, 0.4) is 0 Å². The SMILES string of the molecule is COc1ccc(-c2nnn([C@@H]3C[C@@H](C(=O)N[C@]4(C(=O)NS(=O)(=O)C5CC5)C[C@H]4C(F)F)N(C(=O)[C@@H](N)C(C)(C)C)C3)n2)cc1.COc1ccc(-c2nnn([C@@H]3C[C@@H](C(=O)N[C@]4(C(=O)NS(=O)(=O)C5CC5)C[C@H]4C(F)F)N(C(=O)[C@@H](NC(=O)OC4CCCC4)C(C)(C)C)C3)n2)cc1.O=C(Cl)OC1CCCC1. The molecule has 8 aliphatic rings. The fourth-order valence-electron chi connectivity index (χ4n) is 13.3. The lowest BCUT2D eigenvalue weighted by atomic mass is 9.85. The third-order valence-corrected chi connectivity index (χ3v) is 23.9. The predicted octanol–water partition coefficient (Wildman–Crippen LogP) is 5.24. The van der Waals surface area contributed by atoms with Crippen LogP contribution in [0, 0.1) is 22.7 Å². The van der Waals surface area contributed by atoms with E-state index >= 15 is 0 Å². The number of hydrogen-bond donors (Lipinski definition) is 6. The zero-order valence-corrected chi connectivity index (χ0v) is 61.6. The molecule has 6 saturated carbocycles. The maximum absolute atomic E-state index is 14.4. The Labute approximate surface area is 608 Å². The maximum atomic E-state index is 14.4. The van der Waals surface area contributed by atoms with Gasteiger partial charge in [-0.3, -0.25) is 38.2 Å². The lowest BCUT2D eigenvalue weighted by Gasteiger charge is -2.35. The van der Waals surface area contributed by atoms with E-state index in [0.29, 0.717) is 61.2 Å². The van der Waals surface area contributed by atoms with Crippen LogP contribution in [0.2, 0.25) is 0 Å². The second kappa shape index (κ2) is 31.6. The highest BCUT2D eigenvalue weighted by molar-refractivity contribution is 7.91. The second-order valence-corrected chi connectivity index (χ2v) is 34.3. The van der Waals surface area contributed by atoms with E-state index in [1.54, 1.807) is 90.1 Å². The number of carbonyl (C=O) groups excluding carboxylic acids is 8. The van der Waals surface area contributed by atoms with Crippen molar-refractivity contribution in [1.29, 1.82) is 0 Å². The molecule has 8 fully saturated rings. The summed E-state index contributed by atoms with van der Waals surface area (Å²) in [6.07, 6.45) is 0.794. The Morgan fingerprint density at radius 3 is 1.29 bits per heavy atom. The van der Waals surface area contributed by atoms with Gasteiger partial charge in [-0.2, -0.15) is 9.59 Å². The zero-order chi connectivity index (χ0) is 76.5. The van der Waals surface area contributed by atoms with Crippen LogP contribution in [-0.2, 0) is 58.3 Å². The minimum atomic E-state index is -4.12. The van der Waals surface area contributed by atoms with Gasteiger partial charge < -0.3 is 50.4 Å². The normalized spacial score (nSPS) is 25.2. The van der Waals surface area contributed by atoms with E-state index in [2.05, 4.69) is 46.8 Å². The van der Waals surface area contributed by atoms with E-state index in [1.807, 2.05) is 9.44 Å². The molecule has 32 nitrogen and oxygen atoms in total. The number of nitrogens with zero attached hydrogens (tertiary/aromatic N) is 10. The quantitative estimate of drug-likeness (QED) is 0.0408. The number of alkyl carbamates (subject to hydrolysis) is 1. The topological polar surface area (TPSA) is 422 Å². The van der Waals surface area contributed by atoms with Crippen LogP contribution >= 0.6 is 11.6 Å². The standard InChI is InChI=1S/C33H44F2N8O8S.C27H36F2N8O6S.C6H9ClO2/c1-32(2,3)25(36-31(47)51-21-7-5-6-8-21)29(45)42-17-19(43-39-27(38-41-43)18-9-11-20(50-4)12-10-18)15-24(42)28(44)37-33(16-23(33)26(34)35)30(46)40-52(48,49)22-13-14-22;1-26(2,3)20(30)24(39)36-13-15(37-33-22(32-35-37)14-5-7-16(43-4)8-6-14)11-19(36)23(38)31-27(12-18(27)21(28)29)25(40)34-44(41,42)17-9-10-17;7-6(8)9-5-3-1-2-4-5/h9-12,19,21-26H,5-8,13-17H2,1-4H3,(H,36,47)(H,37,44)(H,40,46);5-8,15,17-21H,9-13,30H2,1-4H3,(H,31,38)(H,34,40);5H,1-4H2/t19-,23+,24+,25-,33-;15-,18+,19+,20-,27-;/m11./s1. The number of tetrazole rings is 2. The summed E-state index contributed by atoms with van der Waals surface area (Å²) in [5, 5.41) is 31.3. The molecule has 2 aromatic carbocycles. The third kappa shape index (κ3) is 18.7. The first-order valence-electron chi connectivity index (χ1n) is 34.8. The van der Waals surface area contributed by atoms with E-state index in [4.69, 9.17) is 36.3 Å². The molecule has 7 N–H and O–H groups in total. The van der Waals surface area contributed by atoms with Gasteiger partial charge >= 0.3 is 11.5 Å². The number of amides is 7. The lowest BCUT2D eigenvalue weighted by molar-refractivity contribution is -0.143. The fourth-order valence-corrected chi connectivity index (χ4v) is 16.2. The monoisotopic (exact) mass is 1540 g/mol. The highest BCUT2D eigenvalue weighted by Crippen LogP contribution is 2.50. The lowest BCUT2D eigenvalue weighted by Crippen LogP contribution is -2.60. The predicted molar refractivity (Wildman–Crippen MR) is 365 cm³/mol. The molecule has 576 valence electrons. The minimum Gasteiger partial charge on any atom is -0.497 e. The van der Waals surface area contributed by atoms with Crippen LogP contribution in [0.25, 0.3) is 22.8 Å². The molecule has 105 heavy (non-hydrogen) atoms. The molecule has 4 heterocycles. The number of alkyl halides is 4. The number of halogens is 5. The summed E-state index contributed by atoms with van der Waals surface area (Å²) in [5.74, 6) is -6.99. The number of nitrogens with two attached hydrogens (primary N) is 1. The van der Waals surface area contributed by atoms with E-state index in [9.17, 15) is 72.8 Å². The van der Waals surface area contributed by atoms with E-state index in [-0.39, 0.29) is 49.8 Å². The van der Waals surface area contributed by atoms with Gasteiger partial charge in [0.25, 0.3) is 11.8 Å². The average molecular weight is 1540 g/mol. The largest absolute Gasteiger partial charge is 0.497 e. The smallest absolute Gasteiger partial charge is 0.408 e. The van der Waals surface area contributed by atoms with Crippen LogP contribution < -0.4 is 40.6 Å². The molecule has 39 heteroatoms. The van der Waals surface area contributed by atoms with Gasteiger partial charge in [0.1, 0.15) is 52.9 Å². The van der Waals surface area contributed by atoms with Gasteiger partial charge in [0.05, 0.1) is 54.7 Å². The average Bonchev–Trinajstić information content (AvgIpc) is 1.57. The van der Waals surface area contributed by atoms with Gasteiger partial charge in [-0.1, -0.05) is 41.5 Å². The number of hydrogen-bond acceptors (Lipinski definition) is 23. The van der Waals surface area contributed by atoms with Crippen molar-refractivity contribution in [2.75, 3.05) is 27.3 Å². The Kier molecular flexibility index (Phi) is 23.8. The number of methoxy groups -OCH3 is 2. The summed E-state index contributed by atoms with van der Waals surface area (Å²) in [5.41, 5.74) is 0.950. The van der Waals surface area contributed by atoms with Gasteiger partial charge in [-0.25, -0.2) is 44.0 Å². The molecular formula is C66H89ClF4N16O16S2. The molecule has 10 atom stereocenters. The van der Waals surface area contributed by atoms with Crippen LogP contribution in [-0.4, -0.2) is 212 Å². The number of sulfonamides is 2. The van der Waals surface area contributed by atoms with Crippen LogP contribution in [0.5, 0.6) is 11.5 Å². The third-order valence-electron chi connectivity index (χ3n) is 20.2. The first-order chi connectivity index (χ1) is 49.4. The van der Waals surface area contributed by atoms with Crippen molar-refractivity contribution in [3.05, 3.63) is 48.5 Å². The number of rotatable bonds is 23. The summed E-state index contributed by atoms with van der Waals surface area (Å²) >= 11 is 5.00. The number of benzene rings is 2. The first kappa shape index (κ1) is 79.2. The summed E-state index contributed by atoms with van der Waals surface area (Å²) < 4.78 is 130. The summed E-state index contributed by atoms with van der Waals surface area (Å²) in [6, 6.07) is 7.65. The summed E-state index contributed by atoms with van der Waals surface area (Å²) in [6.45, 7) is 10.3. The second-order valence-electron chi connectivity index (χ2n) is 30.0.